The molecule has 0 fully saturated rings. The van der Waals surface area contributed by atoms with Crippen molar-refractivity contribution in [2.24, 2.45) is 0 Å². The zero-order valence-corrected chi connectivity index (χ0v) is 15.2. The number of aromatic amines is 1. The maximum atomic E-state index is 12.3. The highest BCUT2D eigenvalue weighted by Crippen LogP contribution is 2.10. The number of nitrogens with one attached hydrogen (secondary N) is 1. The Morgan fingerprint density at radius 3 is 2.56 bits per heavy atom. The van der Waals surface area contributed by atoms with E-state index in [9.17, 15) is 14.4 Å². The van der Waals surface area contributed by atoms with E-state index in [0.717, 1.165) is 5.56 Å². The SMILES string of the molecule is Cc1ccc(C(=O)[C@H](C)OC(=O)CCc2nc3ccccc3c(=O)[nH]2)cc1. The van der Waals surface area contributed by atoms with Crippen LogP contribution in [0.3, 0.4) is 0 Å². The summed E-state index contributed by atoms with van der Waals surface area (Å²) in [6.45, 7) is 3.49. The number of aromatic nitrogens is 2. The number of Topliss-reactive ketones (excluding diaryl/α,β-unsaturated/α-hetero) is 1. The molecule has 1 heterocycles. The van der Waals surface area contributed by atoms with Gasteiger partial charge in [0.2, 0.25) is 5.78 Å². The molecule has 0 radical (unpaired) electrons. The summed E-state index contributed by atoms with van der Waals surface area (Å²) >= 11 is 0. The van der Waals surface area contributed by atoms with Crippen molar-refractivity contribution < 1.29 is 14.3 Å². The van der Waals surface area contributed by atoms with Crippen molar-refractivity contribution in [3.8, 4) is 0 Å². The van der Waals surface area contributed by atoms with Crippen LogP contribution >= 0.6 is 0 Å². The number of benzene rings is 2. The van der Waals surface area contributed by atoms with Crippen molar-refractivity contribution in [2.75, 3.05) is 0 Å². The highest BCUT2D eigenvalue weighted by molar-refractivity contribution is 6.00. The van der Waals surface area contributed by atoms with Crippen molar-refractivity contribution in [3.63, 3.8) is 0 Å². The number of aryl methyl sites for hydroxylation is 2. The largest absolute Gasteiger partial charge is 0.454 e. The highest BCUT2D eigenvalue weighted by Gasteiger charge is 2.19. The minimum Gasteiger partial charge on any atom is -0.454 e. The van der Waals surface area contributed by atoms with Crippen LogP contribution in [0.25, 0.3) is 10.9 Å². The molecule has 0 aliphatic rings. The second-order valence-corrected chi connectivity index (χ2v) is 6.39. The number of para-hydroxylation sites is 1. The molecule has 2 aromatic carbocycles. The number of hydrogen-bond donors (Lipinski definition) is 1. The van der Waals surface area contributed by atoms with E-state index in [4.69, 9.17) is 4.74 Å². The molecule has 1 atom stereocenters. The van der Waals surface area contributed by atoms with Crippen molar-refractivity contribution in [3.05, 3.63) is 75.8 Å². The van der Waals surface area contributed by atoms with E-state index in [2.05, 4.69) is 9.97 Å². The molecule has 6 heteroatoms. The van der Waals surface area contributed by atoms with Gasteiger partial charge in [-0.05, 0) is 26.0 Å². The number of ether oxygens (including phenoxy) is 1. The zero-order chi connectivity index (χ0) is 19.4. The van der Waals surface area contributed by atoms with Gasteiger partial charge in [-0.2, -0.15) is 0 Å². The molecule has 0 amide bonds. The van der Waals surface area contributed by atoms with Crippen LogP contribution in [-0.4, -0.2) is 27.8 Å². The summed E-state index contributed by atoms with van der Waals surface area (Å²) in [5.74, 6) is -0.354. The van der Waals surface area contributed by atoms with Crippen LogP contribution in [0.2, 0.25) is 0 Å². The smallest absolute Gasteiger partial charge is 0.306 e. The van der Waals surface area contributed by atoms with Crippen LogP contribution in [0.15, 0.2) is 53.3 Å². The maximum Gasteiger partial charge on any atom is 0.306 e. The Morgan fingerprint density at radius 1 is 1.11 bits per heavy atom. The molecule has 27 heavy (non-hydrogen) atoms. The molecule has 1 aromatic heterocycles. The van der Waals surface area contributed by atoms with Crippen LogP contribution in [0.5, 0.6) is 0 Å². The molecule has 6 nitrogen and oxygen atoms in total. The summed E-state index contributed by atoms with van der Waals surface area (Å²) in [4.78, 5) is 43.4. The molecular formula is C21H20N2O4. The lowest BCUT2D eigenvalue weighted by atomic mass is 10.1. The lowest BCUT2D eigenvalue weighted by molar-refractivity contribution is -0.146. The Hall–Kier alpha value is -3.28. The molecule has 0 unspecified atom stereocenters. The fourth-order valence-electron chi connectivity index (χ4n) is 2.74. The van der Waals surface area contributed by atoms with Gasteiger partial charge in [-0.25, -0.2) is 4.98 Å². The van der Waals surface area contributed by atoms with E-state index in [1.807, 2.05) is 19.1 Å². The van der Waals surface area contributed by atoms with Crippen molar-refractivity contribution in [1.82, 2.24) is 9.97 Å². The van der Waals surface area contributed by atoms with Gasteiger partial charge in [-0.1, -0.05) is 42.0 Å². The number of carbonyl (C=O) groups excluding carboxylic acids is 2. The lowest BCUT2D eigenvalue weighted by Gasteiger charge is -2.12. The number of rotatable bonds is 6. The van der Waals surface area contributed by atoms with Crippen molar-refractivity contribution in [2.45, 2.75) is 32.8 Å². The molecule has 3 rings (SSSR count). The molecule has 0 bridgehead atoms. The average molecular weight is 364 g/mol. The number of fused-ring (bicyclic) bond motifs is 1. The summed E-state index contributed by atoms with van der Waals surface area (Å²) in [5.41, 5.74) is 1.88. The first-order valence-electron chi connectivity index (χ1n) is 8.72. The molecule has 138 valence electrons. The van der Waals surface area contributed by atoms with E-state index in [-0.39, 0.29) is 24.2 Å². The Bertz CT molecular complexity index is 1040. The average Bonchev–Trinajstić information content (AvgIpc) is 2.66. The fourth-order valence-corrected chi connectivity index (χ4v) is 2.74. The molecule has 0 saturated heterocycles. The minimum absolute atomic E-state index is 0.0206. The quantitative estimate of drug-likeness (QED) is 0.536. The van der Waals surface area contributed by atoms with E-state index in [1.54, 1.807) is 43.3 Å². The molecule has 3 aromatic rings. The van der Waals surface area contributed by atoms with Gasteiger partial charge in [0, 0.05) is 12.0 Å². The number of carbonyl (C=O) groups is 2. The number of esters is 1. The molecular weight excluding hydrogens is 344 g/mol. The van der Waals surface area contributed by atoms with Crippen LogP contribution in [0, 0.1) is 6.92 Å². The van der Waals surface area contributed by atoms with Gasteiger partial charge < -0.3 is 9.72 Å². The third-order valence-electron chi connectivity index (χ3n) is 4.24. The number of H-pyrrole nitrogens is 1. The Balaban J connectivity index is 1.60. The Labute approximate surface area is 156 Å². The Kier molecular flexibility index (Phi) is 5.45. The van der Waals surface area contributed by atoms with Gasteiger partial charge >= 0.3 is 5.97 Å². The monoisotopic (exact) mass is 364 g/mol. The molecule has 0 aliphatic heterocycles. The minimum atomic E-state index is -0.871. The number of ketones is 1. The van der Waals surface area contributed by atoms with E-state index in [1.165, 1.54) is 0 Å². The predicted molar refractivity (Wildman–Crippen MR) is 102 cm³/mol. The zero-order valence-electron chi connectivity index (χ0n) is 15.2. The Morgan fingerprint density at radius 2 is 1.81 bits per heavy atom. The lowest BCUT2D eigenvalue weighted by Crippen LogP contribution is -2.24. The summed E-state index contributed by atoms with van der Waals surface area (Å²) in [6, 6.07) is 14.1. The molecule has 1 N–H and O–H groups in total. The first kappa shape index (κ1) is 18.5. The van der Waals surface area contributed by atoms with Gasteiger partial charge in [0.15, 0.2) is 6.10 Å². The molecule has 0 spiro atoms. The summed E-state index contributed by atoms with van der Waals surface area (Å²) in [5, 5.41) is 0.501. The first-order valence-corrected chi connectivity index (χ1v) is 8.72. The number of hydrogen-bond acceptors (Lipinski definition) is 5. The van der Waals surface area contributed by atoms with Gasteiger partial charge in [0.05, 0.1) is 17.3 Å². The van der Waals surface area contributed by atoms with Crippen molar-refractivity contribution >= 4 is 22.7 Å². The van der Waals surface area contributed by atoms with Gasteiger partial charge in [-0.3, -0.25) is 14.4 Å². The molecule has 0 aliphatic carbocycles. The third-order valence-corrected chi connectivity index (χ3v) is 4.24. The topological polar surface area (TPSA) is 89.1 Å². The standard InChI is InChI=1S/C21H20N2O4/c1-13-7-9-15(10-8-13)20(25)14(2)27-19(24)12-11-18-22-17-6-4-3-5-16(17)21(26)23-18/h3-10,14H,11-12H2,1-2H3,(H,22,23,26)/t14-/m0/s1. The van der Waals surface area contributed by atoms with Crippen LogP contribution in [0.4, 0.5) is 0 Å². The molecule has 0 saturated carbocycles. The second-order valence-electron chi connectivity index (χ2n) is 6.39. The van der Waals surface area contributed by atoms with Gasteiger partial charge in [0.1, 0.15) is 5.82 Å². The fraction of sp³-hybridized carbons (Fsp3) is 0.238. The summed E-state index contributed by atoms with van der Waals surface area (Å²) < 4.78 is 5.23. The van der Waals surface area contributed by atoms with Gasteiger partial charge in [0.25, 0.3) is 5.56 Å². The van der Waals surface area contributed by atoms with Crippen molar-refractivity contribution in [1.29, 1.82) is 0 Å². The van der Waals surface area contributed by atoms with E-state index in [0.29, 0.717) is 22.3 Å². The van der Waals surface area contributed by atoms with E-state index < -0.39 is 12.1 Å². The maximum absolute atomic E-state index is 12.3. The number of nitrogens with zero attached hydrogens (tertiary/aromatic N) is 1. The highest BCUT2D eigenvalue weighted by atomic mass is 16.5. The normalized spacial score (nSPS) is 11.9. The van der Waals surface area contributed by atoms with Crippen LogP contribution < -0.4 is 5.56 Å². The summed E-state index contributed by atoms with van der Waals surface area (Å²) in [6.07, 6.45) is -0.624. The third kappa shape index (κ3) is 4.47. The van der Waals surface area contributed by atoms with Gasteiger partial charge in [-0.15, -0.1) is 0 Å². The van der Waals surface area contributed by atoms with Crippen LogP contribution in [-0.2, 0) is 16.0 Å². The summed E-state index contributed by atoms with van der Waals surface area (Å²) in [7, 11) is 0. The van der Waals surface area contributed by atoms with Crippen LogP contribution in [0.1, 0.15) is 35.1 Å². The first-order chi connectivity index (χ1) is 12.9. The second kappa shape index (κ2) is 7.95. The van der Waals surface area contributed by atoms with E-state index >= 15 is 0 Å². The predicted octanol–water partition coefficient (Wildman–Crippen LogP) is 2.98.